The summed E-state index contributed by atoms with van der Waals surface area (Å²) in [5.41, 5.74) is 4.34. The van der Waals surface area contributed by atoms with Crippen LogP contribution in [-0.4, -0.2) is 22.1 Å². The molecule has 5 nitrogen and oxygen atoms in total. The molecule has 0 aliphatic carbocycles. The van der Waals surface area contributed by atoms with E-state index in [1.807, 2.05) is 24.3 Å². The molecule has 3 aromatic carbocycles. The Hall–Kier alpha value is -3.67. The number of carbonyl (C=O) groups excluding carboxylic acids is 1. The molecule has 1 heterocycles. The third-order valence-corrected chi connectivity index (χ3v) is 6.08. The number of para-hydroxylation sites is 2. The third-order valence-electron chi connectivity index (χ3n) is 6.08. The van der Waals surface area contributed by atoms with Gasteiger partial charge in [0, 0.05) is 6.54 Å². The predicted octanol–water partition coefficient (Wildman–Crippen LogP) is 6.40. The summed E-state index contributed by atoms with van der Waals surface area (Å²) in [5.74, 6) is 1.13. The van der Waals surface area contributed by atoms with E-state index in [4.69, 9.17) is 9.72 Å². The van der Waals surface area contributed by atoms with Crippen LogP contribution < -0.4 is 10.1 Å². The molecule has 1 amide bonds. The SMILES string of the molecule is Cc1ccc(C(C)C)c(OCCCCn2c(CNC(=O)c3ccccc3F)nc3ccccc32)c1. The second-order valence-corrected chi connectivity index (χ2v) is 9.08. The fourth-order valence-corrected chi connectivity index (χ4v) is 4.21. The van der Waals surface area contributed by atoms with E-state index in [2.05, 4.69) is 48.9 Å². The topological polar surface area (TPSA) is 56.1 Å². The molecule has 1 aromatic heterocycles. The molecule has 0 saturated heterocycles. The number of amides is 1. The molecule has 0 saturated carbocycles. The number of aromatic nitrogens is 2. The molecule has 0 radical (unpaired) electrons. The molecule has 6 heteroatoms. The Kier molecular flexibility index (Phi) is 7.80. The van der Waals surface area contributed by atoms with Gasteiger partial charge in [0.15, 0.2) is 0 Å². The largest absolute Gasteiger partial charge is 0.493 e. The molecule has 0 atom stereocenters. The van der Waals surface area contributed by atoms with Crippen LogP contribution in [0.4, 0.5) is 4.39 Å². The third kappa shape index (κ3) is 5.88. The lowest BCUT2D eigenvalue weighted by atomic mass is 10.0. The Morgan fingerprint density at radius 1 is 1.06 bits per heavy atom. The van der Waals surface area contributed by atoms with E-state index >= 15 is 0 Å². The van der Waals surface area contributed by atoms with Gasteiger partial charge in [-0.1, -0.05) is 50.2 Å². The number of aryl methyl sites for hydroxylation is 2. The van der Waals surface area contributed by atoms with Crippen LogP contribution in [-0.2, 0) is 13.1 Å². The van der Waals surface area contributed by atoms with Gasteiger partial charge in [-0.2, -0.15) is 0 Å². The highest BCUT2D eigenvalue weighted by Gasteiger charge is 2.14. The van der Waals surface area contributed by atoms with Gasteiger partial charge in [-0.3, -0.25) is 4.79 Å². The Labute approximate surface area is 206 Å². The molecule has 182 valence electrons. The number of fused-ring (bicyclic) bond motifs is 1. The number of carbonyl (C=O) groups is 1. The van der Waals surface area contributed by atoms with Gasteiger partial charge in [-0.25, -0.2) is 9.37 Å². The molecule has 35 heavy (non-hydrogen) atoms. The average Bonchev–Trinajstić information content (AvgIpc) is 3.20. The first kappa shape index (κ1) is 24.5. The second-order valence-electron chi connectivity index (χ2n) is 9.08. The molecule has 1 N–H and O–H groups in total. The number of hydrogen-bond donors (Lipinski definition) is 1. The van der Waals surface area contributed by atoms with Crippen LogP contribution in [0.25, 0.3) is 11.0 Å². The zero-order valence-electron chi connectivity index (χ0n) is 20.6. The van der Waals surface area contributed by atoms with Crippen LogP contribution in [0, 0.1) is 12.7 Å². The minimum atomic E-state index is -0.535. The number of hydrogen-bond acceptors (Lipinski definition) is 3. The van der Waals surface area contributed by atoms with Crippen LogP contribution in [0.5, 0.6) is 5.75 Å². The summed E-state index contributed by atoms with van der Waals surface area (Å²) in [5, 5.41) is 2.82. The van der Waals surface area contributed by atoms with Gasteiger partial charge in [0.25, 0.3) is 5.91 Å². The van der Waals surface area contributed by atoms with Gasteiger partial charge in [-0.15, -0.1) is 0 Å². The van der Waals surface area contributed by atoms with Crippen molar-refractivity contribution >= 4 is 16.9 Å². The van der Waals surface area contributed by atoms with E-state index in [0.29, 0.717) is 12.5 Å². The predicted molar refractivity (Wildman–Crippen MR) is 137 cm³/mol. The summed E-state index contributed by atoms with van der Waals surface area (Å²) in [6, 6.07) is 20.3. The van der Waals surface area contributed by atoms with Crippen molar-refractivity contribution in [1.29, 1.82) is 0 Å². The van der Waals surface area contributed by atoms with Crippen molar-refractivity contribution in [3.8, 4) is 5.75 Å². The summed E-state index contributed by atoms with van der Waals surface area (Å²) < 4.78 is 22.2. The van der Waals surface area contributed by atoms with Crippen LogP contribution in [0.15, 0.2) is 66.7 Å². The van der Waals surface area contributed by atoms with Gasteiger partial charge in [0.05, 0.1) is 29.7 Å². The van der Waals surface area contributed by atoms with Crippen molar-refractivity contribution in [3.05, 3.63) is 95.1 Å². The lowest BCUT2D eigenvalue weighted by molar-refractivity contribution is 0.0945. The summed E-state index contributed by atoms with van der Waals surface area (Å²) in [6.07, 6.45) is 1.79. The van der Waals surface area contributed by atoms with Gasteiger partial charge >= 0.3 is 0 Å². The average molecular weight is 474 g/mol. The molecular weight excluding hydrogens is 441 g/mol. The Morgan fingerprint density at radius 2 is 1.83 bits per heavy atom. The zero-order chi connectivity index (χ0) is 24.8. The molecule has 0 aliphatic rings. The molecule has 4 rings (SSSR count). The second kappa shape index (κ2) is 11.2. The van der Waals surface area contributed by atoms with Crippen molar-refractivity contribution in [3.63, 3.8) is 0 Å². The first-order valence-corrected chi connectivity index (χ1v) is 12.1. The van der Waals surface area contributed by atoms with E-state index in [1.165, 1.54) is 23.3 Å². The van der Waals surface area contributed by atoms with Crippen molar-refractivity contribution in [1.82, 2.24) is 14.9 Å². The number of nitrogens with one attached hydrogen (secondary N) is 1. The number of benzene rings is 3. The van der Waals surface area contributed by atoms with Crippen LogP contribution in [0.2, 0.25) is 0 Å². The summed E-state index contributed by atoms with van der Waals surface area (Å²) in [4.78, 5) is 17.2. The van der Waals surface area contributed by atoms with E-state index in [-0.39, 0.29) is 12.1 Å². The maximum Gasteiger partial charge on any atom is 0.254 e. The molecule has 0 aliphatic heterocycles. The summed E-state index contributed by atoms with van der Waals surface area (Å²) >= 11 is 0. The number of unbranched alkanes of at least 4 members (excludes halogenated alkanes) is 1. The number of rotatable bonds is 10. The standard InChI is InChI=1S/C29H32FN3O2/c1-20(2)22-15-14-21(3)18-27(22)35-17-9-8-16-33-26-13-7-6-12-25(26)32-28(33)19-31-29(34)23-10-4-5-11-24(23)30/h4-7,10-15,18,20H,8-9,16-17,19H2,1-3H3,(H,31,34). The van der Waals surface area contributed by atoms with Crippen LogP contribution >= 0.6 is 0 Å². The smallest absolute Gasteiger partial charge is 0.254 e. The highest BCUT2D eigenvalue weighted by molar-refractivity contribution is 5.94. The fraction of sp³-hybridized carbons (Fsp3) is 0.310. The maximum absolute atomic E-state index is 14.0. The number of ether oxygens (including phenoxy) is 1. The highest BCUT2D eigenvalue weighted by atomic mass is 19.1. The maximum atomic E-state index is 14.0. The Bertz CT molecular complexity index is 1310. The van der Waals surface area contributed by atoms with Crippen molar-refractivity contribution < 1.29 is 13.9 Å². The highest BCUT2D eigenvalue weighted by Crippen LogP contribution is 2.27. The van der Waals surface area contributed by atoms with E-state index in [0.717, 1.165) is 42.0 Å². The molecule has 0 fully saturated rings. The molecule has 0 spiro atoms. The summed E-state index contributed by atoms with van der Waals surface area (Å²) in [7, 11) is 0. The van der Waals surface area contributed by atoms with E-state index < -0.39 is 11.7 Å². The molecule has 4 aromatic rings. The fourth-order valence-electron chi connectivity index (χ4n) is 4.21. The molecular formula is C29H32FN3O2. The summed E-state index contributed by atoms with van der Waals surface area (Å²) in [6.45, 7) is 8.03. The van der Waals surface area contributed by atoms with Crippen LogP contribution in [0.1, 0.15) is 59.9 Å². The van der Waals surface area contributed by atoms with E-state index in [1.54, 1.807) is 12.1 Å². The number of nitrogens with zero attached hydrogens (tertiary/aromatic N) is 2. The normalized spacial score (nSPS) is 11.2. The minimum absolute atomic E-state index is 0.0317. The lowest BCUT2D eigenvalue weighted by Gasteiger charge is -2.15. The minimum Gasteiger partial charge on any atom is -0.493 e. The van der Waals surface area contributed by atoms with Crippen molar-refractivity contribution in [2.24, 2.45) is 0 Å². The number of halogens is 1. The molecule has 0 bridgehead atoms. The monoisotopic (exact) mass is 473 g/mol. The van der Waals surface area contributed by atoms with Gasteiger partial charge in [0.1, 0.15) is 17.4 Å². The van der Waals surface area contributed by atoms with Crippen molar-refractivity contribution in [2.75, 3.05) is 6.61 Å². The first-order chi connectivity index (χ1) is 16.9. The quantitative estimate of drug-likeness (QED) is 0.271. The van der Waals surface area contributed by atoms with Gasteiger partial charge in [0.2, 0.25) is 0 Å². The van der Waals surface area contributed by atoms with Crippen molar-refractivity contribution in [2.45, 2.75) is 52.6 Å². The molecule has 0 unspecified atom stereocenters. The lowest BCUT2D eigenvalue weighted by Crippen LogP contribution is -2.25. The van der Waals surface area contributed by atoms with Crippen LogP contribution in [0.3, 0.4) is 0 Å². The Balaban J connectivity index is 1.39. The zero-order valence-corrected chi connectivity index (χ0v) is 20.6. The first-order valence-electron chi connectivity index (χ1n) is 12.1. The van der Waals surface area contributed by atoms with Gasteiger partial charge < -0.3 is 14.6 Å². The Morgan fingerprint density at radius 3 is 2.63 bits per heavy atom. The van der Waals surface area contributed by atoms with Gasteiger partial charge in [-0.05, 0) is 67.1 Å². The van der Waals surface area contributed by atoms with E-state index in [9.17, 15) is 9.18 Å². The number of imidazole rings is 1.